The van der Waals surface area contributed by atoms with Gasteiger partial charge in [-0.2, -0.15) is 0 Å². The first kappa shape index (κ1) is 15.0. The molecule has 4 heteroatoms. The SMILES string of the molecule is O=C(CCOc1ccccc1)NCCc1ccc(F)cc1. The standard InChI is InChI=1S/C17H18FNO2/c18-15-8-6-14(7-9-15)10-12-19-17(20)11-13-21-16-4-2-1-3-5-16/h1-9H,10-13H2,(H,19,20). The molecule has 1 amide bonds. The summed E-state index contributed by atoms with van der Waals surface area (Å²) < 4.78 is 18.2. The molecule has 2 aromatic carbocycles. The summed E-state index contributed by atoms with van der Waals surface area (Å²) in [6, 6.07) is 15.7. The molecule has 2 rings (SSSR count). The smallest absolute Gasteiger partial charge is 0.223 e. The highest BCUT2D eigenvalue weighted by atomic mass is 19.1. The number of hydrogen-bond acceptors (Lipinski definition) is 2. The van der Waals surface area contributed by atoms with Gasteiger partial charge in [-0.15, -0.1) is 0 Å². The number of ether oxygens (including phenoxy) is 1. The lowest BCUT2D eigenvalue weighted by atomic mass is 10.1. The number of halogens is 1. The van der Waals surface area contributed by atoms with Crippen molar-refractivity contribution in [1.82, 2.24) is 5.32 Å². The fraction of sp³-hybridized carbons (Fsp3) is 0.235. The van der Waals surface area contributed by atoms with Gasteiger partial charge in [-0.3, -0.25) is 4.79 Å². The average molecular weight is 287 g/mol. The molecule has 0 radical (unpaired) electrons. The van der Waals surface area contributed by atoms with Crippen molar-refractivity contribution < 1.29 is 13.9 Å². The lowest BCUT2D eigenvalue weighted by Gasteiger charge is -2.07. The quantitative estimate of drug-likeness (QED) is 0.850. The highest BCUT2D eigenvalue weighted by Gasteiger charge is 2.02. The summed E-state index contributed by atoms with van der Waals surface area (Å²) in [4.78, 5) is 11.6. The molecule has 1 N–H and O–H groups in total. The van der Waals surface area contributed by atoms with Crippen molar-refractivity contribution in [3.63, 3.8) is 0 Å². The Balaban J connectivity index is 1.60. The minimum Gasteiger partial charge on any atom is -0.493 e. The first-order valence-electron chi connectivity index (χ1n) is 6.93. The Bertz CT molecular complexity index is 555. The monoisotopic (exact) mass is 287 g/mol. The number of carbonyl (C=O) groups is 1. The summed E-state index contributed by atoms with van der Waals surface area (Å²) in [7, 11) is 0. The molecule has 0 spiro atoms. The van der Waals surface area contributed by atoms with Gasteiger partial charge in [0.25, 0.3) is 0 Å². The van der Waals surface area contributed by atoms with Crippen molar-refractivity contribution in [2.75, 3.05) is 13.2 Å². The maximum Gasteiger partial charge on any atom is 0.223 e. The third kappa shape index (κ3) is 5.65. The van der Waals surface area contributed by atoms with Gasteiger partial charge >= 0.3 is 0 Å². The second-order valence-electron chi connectivity index (χ2n) is 4.64. The van der Waals surface area contributed by atoms with Gasteiger partial charge in [0.05, 0.1) is 13.0 Å². The molecule has 0 unspecified atom stereocenters. The van der Waals surface area contributed by atoms with E-state index < -0.39 is 0 Å². The van der Waals surface area contributed by atoms with Crippen LogP contribution < -0.4 is 10.1 Å². The van der Waals surface area contributed by atoms with E-state index in [0.717, 1.165) is 11.3 Å². The van der Waals surface area contributed by atoms with E-state index in [-0.39, 0.29) is 11.7 Å². The summed E-state index contributed by atoms with van der Waals surface area (Å²) in [5, 5.41) is 2.82. The van der Waals surface area contributed by atoms with E-state index in [2.05, 4.69) is 5.32 Å². The molecule has 3 nitrogen and oxygen atoms in total. The van der Waals surface area contributed by atoms with Crippen LogP contribution in [-0.4, -0.2) is 19.1 Å². The van der Waals surface area contributed by atoms with E-state index in [1.54, 1.807) is 12.1 Å². The maximum atomic E-state index is 12.7. The van der Waals surface area contributed by atoms with Gasteiger partial charge in [0.15, 0.2) is 0 Å². The van der Waals surface area contributed by atoms with E-state index in [0.29, 0.717) is 26.0 Å². The van der Waals surface area contributed by atoms with Crippen molar-refractivity contribution in [2.45, 2.75) is 12.8 Å². The Morgan fingerprint density at radius 2 is 1.76 bits per heavy atom. The average Bonchev–Trinajstić information content (AvgIpc) is 2.50. The van der Waals surface area contributed by atoms with Crippen LogP contribution >= 0.6 is 0 Å². The summed E-state index contributed by atoms with van der Waals surface area (Å²) in [6.07, 6.45) is 1.00. The molecule has 0 aliphatic rings. The Labute approximate surface area is 123 Å². The van der Waals surface area contributed by atoms with E-state index in [4.69, 9.17) is 4.74 Å². The topological polar surface area (TPSA) is 38.3 Å². The van der Waals surface area contributed by atoms with E-state index in [1.807, 2.05) is 30.3 Å². The first-order chi connectivity index (χ1) is 10.2. The summed E-state index contributed by atoms with van der Waals surface area (Å²) in [6.45, 7) is 0.891. The molecule has 0 heterocycles. The van der Waals surface area contributed by atoms with Crippen LogP contribution in [0.25, 0.3) is 0 Å². The lowest BCUT2D eigenvalue weighted by Crippen LogP contribution is -2.27. The normalized spacial score (nSPS) is 10.1. The zero-order valence-corrected chi connectivity index (χ0v) is 11.7. The molecule has 0 aliphatic heterocycles. The van der Waals surface area contributed by atoms with Crippen LogP contribution in [0.2, 0.25) is 0 Å². The molecule has 110 valence electrons. The van der Waals surface area contributed by atoms with Crippen molar-refractivity contribution in [2.24, 2.45) is 0 Å². The molecule has 0 aromatic heterocycles. The summed E-state index contributed by atoms with van der Waals surface area (Å²) in [5.74, 6) is 0.463. The third-order valence-corrected chi connectivity index (χ3v) is 2.99. The second kappa shape index (κ2) is 8.04. The fourth-order valence-corrected chi connectivity index (χ4v) is 1.86. The van der Waals surface area contributed by atoms with Crippen LogP contribution in [0.3, 0.4) is 0 Å². The van der Waals surface area contributed by atoms with Crippen molar-refractivity contribution in [1.29, 1.82) is 0 Å². The van der Waals surface area contributed by atoms with E-state index >= 15 is 0 Å². The number of amides is 1. The van der Waals surface area contributed by atoms with Crippen molar-refractivity contribution >= 4 is 5.91 Å². The van der Waals surface area contributed by atoms with Crippen LogP contribution in [0.15, 0.2) is 54.6 Å². The Kier molecular flexibility index (Phi) is 5.76. The van der Waals surface area contributed by atoms with Crippen LogP contribution in [0.5, 0.6) is 5.75 Å². The number of benzene rings is 2. The highest BCUT2D eigenvalue weighted by Crippen LogP contribution is 2.08. The van der Waals surface area contributed by atoms with Gasteiger partial charge in [0, 0.05) is 6.54 Å². The molecular weight excluding hydrogens is 269 g/mol. The zero-order chi connectivity index (χ0) is 14.9. The van der Waals surface area contributed by atoms with Gasteiger partial charge in [-0.1, -0.05) is 30.3 Å². The summed E-state index contributed by atoms with van der Waals surface area (Å²) in [5.41, 5.74) is 0.997. The summed E-state index contributed by atoms with van der Waals surface area (Å²) >= 11 is 0. The largest absolute Gasteiger partial charge is 0.493 e. The molecule has 21 heavy (non-hydrogen) atoms. The van der Waals surface area contributed by atoms with Crippen LogP contribution in [-0.2, 0) is 11.2 Å². The predicted octanol–water partition coefficient (Wildman–Crippen LogP) is 2.95. The van der Waals surface area contributed by atoms with Gasteiger partial charge in [-0.05, 0) is 36.2 Å². The van der Waals surface area contributed by atoms with Gasteiger partial charge < -0.3 is 10.1 Å². The van der Waals surface area contributed by atoms with Crippen LogP contribution in [0.1, 0.15) is 12.0 Å². The van der Waals surface area contributed by atoms with Crippen molar-refractivity contribution in [3.05, 3.63) is 66.0 Å². The molecule has 0 saturated carbocycles. The van der Waals surface area contributed by atoms with Crippen LogP contribution in [0, 0.1) is 5.82 Å². The number of hydrogen-bond donors (Lipinski definition) is 1. The molecular formula is C17H18FNO2. The fourth-order valence-electron chi connectivity index (χ4n) is 1.86. The number of rotatable bonds is 7. The molecule has 0 saturated heterocycles. The Hall–Kier alpha value is -2.36. The van der Waals surface area contributed by atoms with Crippen molar-refractivity contribution in [3.8, 4) is 5.75 Å². The van der Waals surface area contributed by atoms with Gasteiger partial charge in [0.1, 0.15) is 11.6 Å². The number of carbonyl (C=O) groups excluding carboxylic acids is 1. The maximum absolute atomic E-state index is 12.7. The predicted molar refractivity (Wildman–Crippen MR) is 79.7 cm³/mol. The van der Waals surface area contributed by atoms with Gasteiger partial charge in [0.2, 0.25) is 5.91 Å². The minimum absolute atomic E-state index is 0.0481. The van der Waals surface area contributed by atoms with E-state index in [1.165, 1.54) is 12.1 Å². The first-order valence-corrected chi connectivity index (χ1v) is 6.93. The molecule has 0 bridgehead atoms. The third-order valence-electron chi connectivity index (χ3n) is 2.99. The number of para-hydroxylation sites is 1. The number of nitrogens with one attached hydrogen (secondary N) is 1. The molecule has 0 fully saturated rings. The highest BCUT2D eigenvalue weighted by molar-refractivity contribution is 5.75. The Morgan fingerprint density at radius 3 is 2.48 bits per heavy atom. The minimum atomic E-state index is -0.249. The lowest BCUT2D eigenvalue weighted by molar-refractivity contribution is -0.121. The second-order valence-corrected chi connectivity index (χ2v) is 4.64. The van der Waals surface area contributed by atoms with Gasteiger partial charge in [-0.25, -0.2) is 4.39 Å². The molecule has 0 atom stereocenters. The van der Waals surface area contributed by atoms with E-state index in [9.17, 15) is 9.18 Å². The molecule has 2 aromatic rings. The van der Waals surface area contributed by atoms with Crippen LogP contribution in [0.4, 0.5) is 4.39 Å². The Morgan fingerprint density at radius 1 is 1.05 bits per heavy atom. The zero-order valence-electron chi connectivity index (χ0n) is 11.7. The molecule has 0 aliphatic carbocycles.